The molecule has 3 rings (SSSR count). The Morgan fingerprint density at radius 2 is 1.89 bits per heavy atom. The van der Waals surface area contributed by atoms with Gasteiger partial charge in [-0.25, -0.2) is 4.79 Å². The van der Waals surface area contributed by atoms with Crippen LogP contribution in [0.25, 0.3) is 0 Å². The molecule has 1 aromatic carbocycles. The second-order valence-corrected chi connectivity index (χ2v) is 8.94. The lowest BCUT2D eigenvalue weighted by Gasteiger charge is -2.24. The molecule has 1 aromatic rings. The number of nitrogens with zero attached hydrogens (tertiary/aromatic N) is 2. The molecule has 0 saturated heterocycles. The predicted octanol–water partition coefficient (Wildman–Crippen LogP) is 3.09. The molecule has 2 amide bonds. The van der Waals surface area contributed by atoms with Crippen molar-refractivity contribution in [2.24, 2.45) is 4.99 Å². The summed E-state index contributed by atoms with van der Waals surface area (Å²) in [6, 6.07) is 6.75. The Kier molecular flexibility index (Phi) is 9.60. The van der Waals surface area contributed by atoms with E-state index in [1.165, 1.54) is 17.0 Å². The molecule has 2 aliphatic heterocycles. The summed E-state index contributed by atoms with van der Waals surface area (Å²) in [4.78, 5) is 54.8. The van der Waals surface area contributed by atoms with Crippen molar-refractivity contribution < 1.29 is 37.1 Å². The van der Waals surface area contributed by atoms with Crippen molar-refractivity contribution in [3.8, 4) is 0 Å². The van der Waals surface area contributed by atoms with Crippen molar-refractivity contribution in [2.45, 2.75) is 63.5 Å². The first-order valence-corrected chi connectivity index (χ1v) is 12.1. The molecule has 0 radical (unpaired) electrons. The fourth-order valence-electron chi connectivity index (χ4n) is 4.43. The van der Waals surface area contributed by atoms with E-state index in [-0.39, 0.29) is 19.0 Å². The van der Waals surface area contributed by atoms with E-state index in [9.17, 15) is 32.3 Å². The molecule has 196 valence electrons. The lowest BCUT2D eigenvalue weighted by Crippen LogP contribution is -2.43. The average molecular weight is 510 g/mol. The number of esters is 2. The molecule has 1 atom stereocenters. The van der Waals surface area contributed by atoms with Crippen LogP contribution in [0.2, 0.25) is 0 Å². The Hall–Kier alpha value is -3.24. The SMILES string of the molecule is O=C(CN1CCc2ccccc2C(CC(=O)OC(=O)C(F)(F)F)C1=O)NCCCC1=NCCCCC1. The van der Waals surface area contributed by atoms with Gasteiger partial charge < -0.3 is 15.0 Å². The zero-order chi connectivity index (χ0) is 26.1. The summed E-state index contributed by atoms with van der Waals surface area (Å²) >= 11 is 0. The van der Waals surface area contributed by atoms with Gasteiger partial charge in [0, 0.05) is 25.3 Å². The number of alkyl halides is 3. The van der Waals surface area contributed by atoms with Crippen LogP contribution >= 0.6 is 0 Å². The van der Waals surface area contributed by atoms with Gasteiger partial charge in [0.1, 0.15) is 0 Å². The van der Waals surface area contributed by atoms with E-state index in [0.717, 1.165) is 44.2 Å². The number of nitrogens with one attached hydrogen (secondary N) is 1. The maximum Gasteiger partial charge on any atom is 0.491 e. The number of aliphatic imine (C=N–C) groups is 1. The molecule has 0 aromatic heterocycles. The largest absolute Gasteiger partial charge is 0.491 e. The van der Waals surface area contributed by atoms with Gasteiger partial charge in [-0.1, -0.05) is 30.7 Å². The fourth-order valence-corrected chi connectivity index (χ4v) is 4.43. The van der Waals surface area contributed by atoms with Crippen LogP contribution in [0.1, 0.15) is 62.0 Å². The topological polar surface area (TPSA) is 105 Å². The lowest BCUT2D eigenvalue weighted by atomic mass is 9.91. The third-order valence-corrected chi connectivity index (χ3v) is 6.26. The van der Waals surface area contributed by atoms with Crippen LogP contribution in [0.4, 0.5) is 13.2 Å². The van der Waals surface area contributed by atoms with E-state index in [4.69, 9.17) is 0 Å². The molecular weight excluding hydrogens is 479 g/mol. The second kappa shape index (κ2) is 12.6. The Balaban J connectivity index is 1.59. The van der Waals surface area contributed by atoms with Crippen molar-refractivity contribution in [3.05, 3.63) is 35.4 Å². The van der Waals surface area contributed by atoms with Crippen LogP contribution in [-0.4, -0.2) is 66.7 Å². The zero-order valence-corrected chi connectivity index (χ0v) is 19.9. The normalized spacial score (nSPS) is 18.4. The standard InChI is InChI=1S/C25H30F3N3O5/c26-25(27,28)24(35)36-22(33)15-20-19-10-4-3-7-17(19)11-14-31(23(20)34)16-21(32)30-13-6-9-18-8-2-1-5-12-29-18/h3-4,7,10,20H,1-2,5-6,8-9,11-16H2,(H,30,32). The minimum Gasteiger partial charge on any atom is -0.386 e. The van der Waals surface area contributed by atoms with E-state index < -0.39 is 36.4 Å². The second-order valence-electron chi connectivity index (χ2n) is 8.94. The van der Waals surface area contributed by atoms with Gasteiger partial charge in [-0.15, -0.1) is 0 Å². The first-order valence-electron chi connectivity index (χ1n) is 12.1. The number of carbonyl (C=O) groups is 4. The molecule has 1 N–H and O–H groups in total. The molecule has 36 heavy (non-hydrogen) atoms. The number of rotatable bonds is 8. The third kappa shape index (κ3) is 7.89. The molecule has 2 aliphatic rings. The number of carbonyl (C=O) groups excluding carboxylic acids is 4. The smallest absolute Gasteiger partial charge is 0.386 e. The molecule has 1 unspecified atom stereocenters. The van der Waals surface area contributed by atoms with E-state index in [2.05, 4.69) is 15.0 Å². The summed E-state index contributed by atoms with van der Waals surface area (Å²) in [5.41, 5.74) is 2.37. The summed E-state index contributed by atoms with van der Waals surface area (Å²) < 4.78 is 41.3. The molecular formula is C25H30F3N3O5. The first-order chi connectivity index (χ1) is 17.1. The van der Waals surface area contributed by atoms with Gasteiger partial charge in [-0.3, -0.25) is 19.4 Å². The molecule has 0 bridgehead atoms. The monoisotopic (exact) mass is 509 g/mol. The van der Waals surface area contributed by atoms with Gasteiger partial charge >= 0.3 is 18.1 Å². The highest BCUT2D eigenvalue weighted by molar-refractivity contribution is 5.94. The van der Waals surface area contributed by atoms with Gasteiger partial charge in [0.2, 0.25) is 11.8 Å². The molecule has 0 fully saturated rings. The molecule has 8 nitrogen and oxygen atoms in total. The number of halogens is 3. The Bertz CT molecular complexity index is 1010. The highest BCUT2D eigenvalue weighted by Crippen LogP contribution is 2.30. The molecule has 11 heteroatoms. The Labute approximate surface area is 207 Å². The summed E-state index contributed by atoms with van der Waals surface area (Å²) in [5, 5.41) is 2.80. The molecule has 2 heterocycles. The summed E-state index contributed by atoms with van der Waals surface area (Å²) in [7, 11) is 0. The van der Waals surface area contributed by atoms with Crippen molar-refractivity contribution in [1.82, 2.24) is 10.2 Å². The van der Waals surface area contributed by atoms with E-state index in [0.29, 0.717) is 18.5 Å². The minimum absolute atomic E-state index is 0.201. The number of benzene rings is 1. The van der Waals surface area contributed by atoms with E-state index >= 15 is 0 Å². The summed E-state index contributed by atoms with van der Waals surface area (Å²) in [5.74, 6) is -6.21. The quantitative estimate of drug-likeness (QED) is 0.330. The van der Waals surface area contributed by atoms with Crippen molar-refractivity contribution in [3.63, 3.8) is 0 Å². The van der Waals surface area contributed by atoms with Crippen molar-refractivity contribution in [2.75, 3.05) is 26.2 Å². The Morgan fingerprint density at radius 1 is 1.11 bits per heavy atom. The van der Waals surface area contributed by atoms with Crippen LogP contribution in [0, 0.1) is 0 Å². The van der Waals surface area contributed by atoms with Crippen LogP contribution in [0.5, 0.6) is 0 Å². The van der Waals surface area contributed by atoms with Crippen LogP contribution in [0.3, 0.4) is 0 Å². The number of fused-ring (bicyclic) bond motifs is 1. The summed E-state index contributed by atoms with van der Waals surface area (Å²) in [6.45, 7) is 1.23. The first kappa shape index (κ1) is 27.3. The Morgan fingerprint density at radius 3 is 2.67 bits per heavy atom. The number of ether oxygens (including phenoxy) is 1. The van der Waals surface area contributed by atoms with Gasteiger partial charge in [-0.05, 0) is 49.7 Å². The van der Waals surface area contributed by atoms with E-state index in [1.54, 1.807) is 24.3 Å². The van der Waals surface area contributed by atoms with Gasteiger partial charge in [-0.2, -0.15) is 13.2 Å². The number of amides is 2. The van der Waals surface area contributed by atoms with Gasteiger partial charge in [0.25, 0.3) is 0 Å². The average Bonchev–Trinajstić information content (AvgIpc) is 3.16. The minimum atomic E-state index is -5.33. The van der Waals surface area contributed by atoms with Crippen LogP contribution in [0.15, 0.2) is 29.3 Å². The number of hydrogen-bond acceptors (Lipinski definition) is 6. The van der Waals surface area contributed by atoms with Crippen LogP contribution < -0.4 is 5.32 Å². The third-order valence-electron chi connectivity index (χ3n) is 6.26. The maximum atomic E-state index is 13.2. The van der Waals surface area contributed by atoms with Crippen LogP contribution in [-0.2, 0) is 30.3 Å². The molecule has 0 spiro atoms. The fraction of sp³-hybridized carbons (Fsp3) is 0.560. The van der Waals surface area contributed by atoms with E-state index in [1.807, 2.05) is 0 Å². The van der Waals surface area contributed by atoms with Crippen molar-refractivity contribution in [1.29, 1.82) is 0 Å². The molecule has 0 aliphatic carbocycles. The lowest BCUT2D eigenvalue weighted by molar-refractivity contribution is -0.202. The van der Waals surface area contributed by atoms with Gasteiger partial charge in [0.15, 0.2) is 0 Å². The highest BCUT2D eigenvalue weighted by atomic mass is 19.4. The highest BCUT2D eigenvalue weighted by Gasteiger charge is 2.43. The van der Waals surface area contributed by atoms with Crippen molar-refractivity contribution >= 4 is 29.5 Å². The zero-order valence-electron chi connectivity index (χ0n) is 19.9. The summed E-state index contributed by atoms with van der Waals surface area (Å²) in [6.07, 6.45) is 0.248. The predicted molar refractivity (Wildman–Crippen MR) is 124 cm³/mol. The number of hydrogen-bond donors (Lipinski definition) is 1. The molecule has 0 saturated carbocycles. The maximum absolute atomic E-state index is 13.2. The van der Waals surface area contributed by atoms with Gasteiger partial charge in [0.05, 0.1) is 18.9 Å².